The van der Waals surface area contributed by atoms with E-state index in [-0.39, 0.29) is 0 Å². The van der Waals surface area contributed by atoms with E-state index in [4.69, 9.17) is 10.6 Å². The third-order valence-electron chi connectivity index (χ3n) is 2.07. The van der Waals surface area contributed by atoms with Gasteiger partial charge in [-0.25, -0.2) is 15.8 Å². The molecule has 2 heterocycles. The number of nitrogens with two attached hydrogens (primary N) is 1. The fourth-order valence-electron chi connectivity index (χ4n) is 1.33. The van der Waals surface area contributed by atoms with Crippen LogP contribution in [0.25, 0.3) is 0 Å². The summed E-state index contributed by atoms with van der Waals surface area (Å²) in [7, 11) is 0. The van der Waals surface area contributed by atoms with Crippen molar-refractivity contribution < 1.29 is 4.74 Å². The van der Waals surface area contributed by atoms with Gasteiger partial charge in [-0.1, -0.05) is 0 Å². The maximum Gasteiger partial charge on any atom is 0.161 e. The van der Waals surface area contributed by atoms with Gasteiger partial charge in [-0.2, -0.15) is 0 Å². The summed E-state index contributed by atoms with van der Waals surface area (Å²) in [6.07, 6.45) is 3.21. The second-order valence-electron chi connectivity index (χ2n) is 3.15. The van der Waals surface area contributed by atoms with Gasteiger partial charge in [0.15, 0.2) is 11.6 Å². The normalized spacial score (nSPS) is 17.4. The zero-order valence-corrected chi connectivity index (χ0v) is 8.31. The fourth-order valence-corrected chi connectivity index (χ4v) is 1.33. The lowest BCUT2D eigenvalue weighted by atomic mass is 10.5. The van der Waals surface area contributed by atoms with Crippen molar-refractivity contribution in [2.24, 2.45) is 5.84 Å². The molecule has 0 amide bonds. The Morgan fingerprint density at radius 3 is 2.73 bits per heavy atom. The predicted octanol–water partition coefficient (Wildman–Crippen LogP) is -0.579. The molecule has 1 saturated heterocycles. The number of hydrogen-bond donors (Lipinski definition) is 3. The van der Waals surface area contributed by atoms with Crippen LogP contribution in [0, 0.1) is 0 Å². The van der Waals surface area contributed by atoms with Crippen molar-refractivity contribution in [2.45, 2.75) is 0 Å². The Morgan fingerprint density at radius 2 is 2.00 bits per heavy atom. The van der Waals surface area contributed by atoms with Crippen LogP contribution in [-0.4, -0.2) is 41.3 Å². The second kappa shape index (κ2) is 4.87. The van der Waals surface area contributed by atoms with Gasteiger partial charge >= 0.3 is 0 Å². The zero-order chi connectivity index (χ0) is 10.5. The number of aromatic nitrogens is 2. The molecular weight excluding hydrogens is 196 g/mol. The van der Waals surface area contributed by atoms with Crippen molar-refractivity contribution in [2.75, 3.05) is 37.2 Å². The average Bonchev–Trinajstić information content (AvgIpc) is 2.31. The van der Waals surface area contributed by atoms with E-state index in [1.54, 1.807) is 12.4 Å². The number of rotatable bonds is 3. The average molecular weight is 210 g/mol. The predicted molar refractivity (Wildman–Crippen MR) is 55.9 cm³/mol. The van der Waals surface area contributed by atoms with Gasteiger partial charge in [0.05, 0.1) is 25.6 Å². The molecule has 1 aliphatic rings. The molecule has 1 aromatic heterocycles. The third-order valence-corrected chi connectivity index (χ3v) is 2.07. The van der Waals surface area contributed by atoms with Crippen molar-refractivity contribution in [3.05, 3.63) is 12.4 Å². The summed E-state index contributed by atoms with van der Waals surface area (Å²) in [5.41, 5.74) is 5.59. The molecule has 0 radical (unpaired) electrons. The van der Waals surface area contributed by atoms with E-state index in [9.17, 15) is 0 Å². The molecule has 0 atom stereocenters. The van der Waals surface area contributed by atoms with E-state index in [2.05, 4.69) is 20.8 Å². The summed E-state index contributed by atoms with van der Waals surface area (Å²) < 4.78 is 5.23. The van der Waals surface area contributed by atoms with Crippen LogP contribution in [0.1, 0.15) is 0 Å². The number of nitrogen functional groups attached to an aromatic ring is 1. The van der Waals surface area contributed by atoms with Gasteiger partial charge in [-0.3, -0.25) is 4.98 Å². The molecule has 1 aromatic rings. The van der Waals surface area contributed by atoms with E-state index < -0.39 is 0 Å². The molecule has 0 unspecified atom stereocenters. The number of hydrogen-bond acceptors (Lipinski definition) is 7. The highest BCUT2D eigenvalue weighted by molar-refractivity contribution is 5.39. The molecule has 0 spiro atoms. The lowest BCUT2D eigenvalue weighted by Crippen LogP contribution is -2.40. The first-order valence-corrected chi connectivity index (χ1v) is 4.76. The van der Waals surface area contributed by atoms with Crippen LogP contribution in [0.3, 0.4) is 0 Å². The first kappa shape index (κ1) is 10.1. The number of nitrogens with zero attached hydrogens (tertiary/aromatic N) is 3. The molecule has 1 fully saturated rings. The maximum absolute atomic E-state index is 5.24. The second-order valence-corrected chi connectivity index (χ2v) is 3.15. The molecular formula is C8H14N6O. The fraction of sp³-hybridized carbons (Fsp3) is 0.500. The van der Waals surface area contributed by atoms with Gasteiger partial charge in [0.25, 0.3) is 0 Å². The number of nitrogens with one attached hydrogen (secondary N) is 2. The van der Waals surface area contributed by atoms with Crippen LogP contribution in [0.5, 0.6) is 0 Å². The molecule has 0 saturated carbocycles. The van der Waals surface area contributed by atoms with E-state index in [0.29, 0.717) is 11.6 Å². The van der Waals surface area contributed by atoms with Crippen LogP contribution in [-0.2, 0) is 4.74 Å². The molecule has 82 valence electrons. The van der Waals surface area contributed by atoms with Crippen LogP contribution in [0.4, 0.5) is 11.6 Å². The summed E-state index contributed by atoms with van der Waals surface area (Å²) in [5, 5.41) is 2.04. The van der Waals surface area contributed by atoms with Gasteiger partial charge in [0.2, 0.25) is 0 Å². The highest BCUT2D eigenvalue weighted by atomic mass is 16.5. The first-order valence-electron chi connectivity index (χ1n) is 4.76. The summed E-state index contributed by atoms with van der Waals surface area (Å²) in [6, 6.07) is 0. The summed E-state index contributed by atoms with van der Waals surface area (Å²) >= 11 is 0. The molecule has 0 bridgehead atoms. The Kier molecular flexibility index (Phi) is 3.28. The van der Waals surface area contributed by atoms with Gasteiger partial charge in [0.1, 0.15) is 0 Å². The van der Waals surface area contributed by atoms with Gasteiger partial charge in [-0.05, 0) is 0 Å². The molecule has 2 rings (SSSR count). The van der Waals surface area contributed by atoms with Crippen LogP contribution in [0.2, 0.25) is 0 Å². The van der Waals surface area contributed by atoms with Crippen molar-refractivity contribution >= 4 is 11.6 Å². The Balaban J connectivity index is 1.96. The largest absolute Gasteiger partial charge is 0.379 e. The SMILES string of the molecule is NNc1cncc(NN2CCOCC2)n1. The van der Waals surface area contributed by atoms with Gasteiger partial charge in [-0.15, -0.1) is 0 Å². The first-order chi connectivity index (χ1) is 7.38. The third kappa shape index (κ3) is 2.75. The topological polar surface area (TPSA) is 88.3 Å². The van der Waals surface area contributed by atoms with Crippen molar-refractivity contribution in [3.63, 3.8) is 0 Å². The molecule has 4 N–H and O–H groups in total. The Bertz CT molecular complexity index is 314. The number of morpholine rings is 1. The van der Waals surface area contributed by atoms with Crippen LogP contribution in [0.15, 0.2) is 12.4 Å². The zero-order valence-electron chi connectivity index (χ0n) is 8.31. The highest BCUT2D eigenvalue weighted by Gasteiger charge is 2.10. The van der Waals surface area contributed by atoms with Crippen molar-refractivity contribution in [1.29, 1.82) is 0 Å². The molecule has 1 aliphatic heterocycles. The van der Waals surface area contributed by atoms with E-state index >= 15 is 0 Å². The summed E-state index contributed by atoms with van der Waals surface area (Å²) in [5.74, 6) is 6.45. The van der Waals surface area contributed by atoms with Crippen LogP contribution >= 0.6 is 0 Å². The maximum atomic E-state index is 5.24. The standard InChI is InChI=1S/C8H14N6O/c9-12-7-5-10-6-8(11-7)13-14-1-3-15-4-2-14/h5-6H,1-4,9H2,(H2,11,12,13). The molecule has 0 aromatic carbocycles. The van der Waals surface area contributed by atoms with E-state index in [1.165, 1.54) is 0 Å². The Hall–Kier alpha value is -1.44. The Labute approximate surface area is 87.6 Å². The number of anilines is 2. The lowest BCUT2D eigenvalue weighted by Gasteiger charge is -2.27. The van der Waals surface area contributed by atoms with Gasteiger partial charge in [0, 0.05) is 13.1 Å². The molecule has 15 heavy (non-hydrogen) atoms. The summed E-state index contributed by atoms with van der Waals surface area (Å²) in [4.78, 5) is 8.19. The van der Waals surface area contributed by atoms with E-state index in [0.717, 1.165) is 26.3 Å². The quantitative estimate of drug-likeness (QED) is 0.454. The highest BCUT2D eigenvalue weighted by Crippen LogP contribution is 2.07. The lowest BCUT2D eigenvalue weighted by molar-refractivity contribution is 0.0495. The van der Waals surface area contributed by atoms with Gasteiger partial charge < -0.3 is 15.6 Å². The minimum Gasteiger partial charge on any atom is -0.379 e. The number of ether oxygens (including phenoxy) is 1. The van der Waals surface area contributed by atoms with Crippen LogP contribution < -0.4 is 16.7 Å². The monoisotopic (exact) mass is 210 g/mol. The molecule has 7 heteroatoms. The molecule has 0 aliphatic carbocycles. The Morgan fingerprint density at radius 1 is 1.27 bits per heavy atom. The summed E-state index contributed by atoms with van der Waals surface area (Å²) in [6.45, 7) is 3.13. The van der Waals surface area contributed by atoms with E-state index in [1.807, 2.05) is 5.01 Å². The van der Waals surface area contributed by atoms with Crippen molar-refractivity contribution in [1.82, 2.24) is 15.0 Å². The molecule has 7 nitrogen and oxygen atoms in total. The minimum atomic E-state index is 0.535. The van der Waals surface area contributed by atoms with Crippen molar-refractivity contribution in [3.8, 4) is 0 Å². The smallest absolute Gasteiger partial charge is 0.161 e. The number of hydrazine groups is 2. The minimum absolute atomic E-state index is 0.535.